The molecule has 0 radical (unpaired) electrons. The maximum Gasteiger partial charge on any atom is 0.246 e. The van der Waals surface area contributed by atoms with Crippen LogP contribution >= 0.6 is 0 Å². The Morgan fingerprint density at radius 1 is 1.25 bits per heavy atom. The van der Waals surface area contributed by atoms with Crippen LogP contribution in [-0.2, 0) is 14.8 Å². The van der Waals surface area contributed by atoms with Crippen LogP contribution in [0, 0.1) is 20.8 Å². The summed E-state index contributed by atoms with van der Waals surface area (Å²) >= 11 is 0. The fourth-order valence-electron chi connectivity index (χ4n) is 2.64. The molecule has 28 heavy (non-hydrogen) atoms. The van der Waals surface area contributed by atoms with Gasteiger partial charge in [0, 0.05) is 5.69 Å². The standard InChI is InChI=1S/C16H19N7O4S/c1-9-15(11(3)27-19-9)28(25,26)20-10(2)16(24)17-13-6-5-7-14(8-13)23-12(4)18-21-22-23/h5-8,10,20H,1-4H3,(H,17,24)/t10-/m0/s1. The zero-order valence-electron chi connectivity index (χ0n) is 15.7. The van der Waals surface area contributed by atoms with Gasteiger partial charge in [-0.2, -0.15) is 9.40 Å². The number of hydrogen-bond acceptors (Lipinski definition) is 8. The molecule has 11 nitrogen and oxygen atoms in total. The van der Waals surface area contributed by atoms with Crippen LogP contribution in [0.4, 0.5) is 5.69 Å². The molecule has 1 atom stereocenters. The van der Waals surface area contributed by atoms with E-state index in [2.05, 4.69) is 30.7 Å². The van der Waals surface area contributed by atoms with Crippen molar-refractivity contribution in [2.75, 3.05) is 5.32 Å². The van der Waals surface area contributed by atoms with Gasteiger partial charge in [0.05, 0.1) is 11.7 Å². The van der Waals surface area contributed by atoms with Gasteiger partial charge in [-0.05, 0) is 56.3 Å². The lowest BCUT2D eigenvalue weighted by molar-refractivity contribution is -0.117. The maximum atomic E-state index is 12.5. The number of carbonyl (C=O) groups excluding carboxylic acids is 1. The van der Waals surface area contributed by atoms with E-state index in [0.717, 1.165) is 0 Å². The van der Waals surface area contributed by atoms with Gasteiger partial charge in [0.15, 0.2) is 11.6 Å². The van der Waals surface area contributed by atoms with Crippen molar-refractivity contribution in [2.45, 2.75) is 38.6 Å². The number of tetrazole rings is 1. The van der Waals surface area contributed by atoms with Gasteiger partial charge in [-0.25, -0.2) is 8.42 Å². The molecule has 1 aromatic carbocycles. The normalized spacial score (nSPS) is 12.7. The molecule has 0 unspecified atom stereocenters. The second-order valence-corrected chi connectivity index (χ2v) is 7.82. The van der Waals surface area contributed by atoms with Gasteiger partial charge in [-0.3, -0.25) is 4.79 Å². The van der Waals surface area contributed by atoms with Crippen molar-refractivity contribution in [3.63, 3.8) is 0 Å². The third kappa shape index (κ3) is 3.92. The van der Waals surface area contributed by atoms with E-state index in [4.69, 9.17) is 4.52 Å². The lowest BCUT2D eigenvalue weighted by Crippen LogP contribution is -2.41. The van der Waals surface area contributed by atoms with Crippen LogP contribution in [0.5, 0.6) is 0 Å². The van der Waals surface area contributed by atoms with E-state index in [1.807, 2.05) is 0 Å². The van der Waals surface area contributed by atoms with Crippen molar-refractivity contribution in [2.24, 2.45) is 0 Å². The molecule has 0 aliphatic carbocycles. The molecule has 0 aliphatic rings. The third-order valence-corrected chi connectivity index (χ3v) is 5.73. The van der Waals surface area contributed by atoms with Crippen LogP contribution in [-0.4, -0.2) is 45.7 Å². The number of nitrogens with one attached hydrogen (secondary N) is 2. The smallest absolute Gasteiger partial charge is 0.246 e. The molecule has 0 fully saturated rings. The summed E-state index contributed by atoms with van der Waals surface area (Å²) in [6.07, 6.45) is 0. The molecule has 3 aromatic rings. The minimum absolute atomic E-state index is 0.0664. The minimum atomic E-state index is -3.96. The Balaban J connectivity index is 1.74. The molecule has 0 spiro atoms. The van der Waals surface area contributed by atoms with Gasteiger partial charge in [-0.15, -0.1) is 5.10 Å². The van der Waals surface area contributed by atoms with Crippen LogP contribution < -0.4 is 10.0 Å². The highest BCUT2D eigenvalue weighted by Crippen LogP contribution is 2.19. The van der Waals surface area contributed by atoms with E-state index >= 15 is 0 Å². The summed E-state index contributed by atoms with van der Waals surface area (Å²) in [6.45, 7) is 6.20. The second-order valence-electron chi connectivity index (χ2n) is 6.17. The number of benzene rings is 1. The molecule has 0 saturated carbocycles. The SMILES string of the molecule is Cc1noc(C)c1S(=O)(=O)N[C@@H](C)C(=O)Nc1cccc(-n2nnnc2C)c1. The predicted molar refractivity (Wildman–Crippen MR) is 98.3 cm³/mol. The van der Waals surface area contributed by atoms with Gasteiger partial charge in [-0.1, -0.05) is 11.2 Å². The van der Waals surface area contributed by atoms with Gasteiger partial charge in [0.2, 0.25) is 15.9 Å². The van der Waals surface area contributed by atoms with E-state index in [1.165, 1.54) is 25.5 Å². The number of aryl methyl sites for hydroxylation is 3. The molecule has 148 valence electrons. The monoisotopic (exact) mass is 405 g/mol. The topological polar surface area (TPSA) is 145 Å². The first-order valence-electron chi connectivity index (χ1n) is 8.30. The zero-order valence-corrected chi connectivity index (χ0v) is 16.5. The first kappa shape index (κ1) is 19.6. The second kappa shape index (κ2) is 7.48. The summed E-state index contributed by atoms with van der Waals surface area (Å²) in [4.78, 5) is 12.4. The largest absolute Gasteiger partial charge is 0.360 e. The van der Waals surface area contributed by atoms with E-state index in [1.54, 1.807) is 31.2 Å². The van der Waals surface area contributed by atoms with Gasteiger partial charge < -0.3 is 9.84 Å². The third-order valence-electron chi connectivity index (χ3n) is 3.95. The van der Waals surface area contributed by atoms with Crippen LogP contribution in [0.1, 0.15) is 24.2 Å². The Labute approximate surface area is 161 Å². The minimum Gasteiger partial charge on any atom is -0.360 e. The Morgan fingerprint density at radius 2 is 2.00 bits per heavy atom. The molecule has 2 N–H and O–H groups in total. The summed E-state index contributed by atoms with van der Waals surface area (Å²) in [5.74, 6) is 0.215. The number of rotatable bonds is 6. The number of aromatic nitrogens is 5. The molecule has 2 aromatic heterocycles. The molecule has 0 saturated heterocycles. The average molecular weight is 405 g/mol. The number of nitrogens with zero attached hydrogens (tertiary/aromatic N) is 5. The first-order chi connectivity index (χ1) is 13.2. The first-order valence-corrected chi connectivity index (χ1v) is 9.79. The summed E-state index contributed by atoms with van der Waals surface area (Å²) in [6, 6.07) is 5.83. The number of sulfonamides is 1. The summed E-state index contributed by atoms with van der Waals surface area (Å²) in [5.41, 5.74) is 1.35. The fraction of sp³-hybridized carbons (Fsp3) is 0.312. The van der Waals surface area contributed by atoms with Gasteiger partial charge >= 0.3 is 0 Å². The Bertz CT molecular complexity index is 1100. The van der Waals surface area contributed by atoms with Crippen LogP contribution in [0.15, 0.2) is 33.7 Å². The lowest BCUT2D eigenvalue weighted by atomic mass is 10.2. The van der Waals surface area contributed by atoms with Crippen molar-refractivity contribution in [3.05, 3.63) is 41.5 Å². The average Bonchev–Trinajstić information content (AvgIpc) is 3.20. The highest BCUT2D eigenvalue weighted by Gasteiger charge is 2.28. The van der Waals surface area contributed by atoms with E-state index in [9.17, 15) is 13.2 Å². The number of carbonyl (C=O) groups is 1. The molecule has 12 heteroatoms. The van der Waals surface area contributed by atoms with Crippen molar-refractivity contribution >= 4 is 21.6 Å². The van der Waals surface area contributed by atoms with Gasteiger partial charge in [0.25, 0.3) is 0 Å². The molecule has 0 aliphatic heterocycles. The van der Waals surface area contributed by atoms with Crippen molar-refractivity contribution in [1.29, 1.82) is 0 Å². The molecule has 0 bridgehead atoms. The Hall–Kier alpha value is -3.12. The number of amides is 1. The summed E-state index contributed by atoms with van der Waals surface area (Å²) < 4.78 is 33.8. The molecular formula is C16H19N7O4S. The van der Waals surface area contributed by atoms with E-state index < -0.39 is 22.0 Å². The molecule has 2 heterocycles. The Morgan fingerprint density at radius 3 is 2.61 bits per heavy atom. The van der Waals surface area contributed by atoms with Crippen LogP contribution in [0.25, 0.3) is 5.69 Å². The van der Waals surface area contributed by atoms with Gasteiger partial charge in [0.1, 0.15) is 10.6 Å². The predicted octanol–water partition coefficient (Wildman–Crippen LogP) is 0.881. The maximum absolute atomic E-state index is 12.5. The Kier molecular flexibility index (Phi) is 5.25. The van der Waals surface area contributed by atoms with Crippen molar-refractivity contribution in [1.82, 2.24) is 30.1 Å². The summed E-state index contributed by atoms with van der Waals surface area (Å²) in [7, 11) is -3.96. The zero-order chi connectivity index (χ0) is 20.5. The van der Waals surface area contributed by atoms with E-state index in [0.29, 0.717) is 17.2 Å². The lowest BCUT2D eigenvalue weighted by Gasteiger charge is -2.15. The number of anilines is 1. The van der Waals surface area contributed by atoms with E-state index in [-0.39, 0.29) is 16.3 Å². The highest BCUT2D eigenvalue weighted by molar-refractivity contribution is 7.89. The molecule has 3 rings (SSSR count). The summed E-state index contributed by atoms with van der Waals surface area (Å²) in [5, 5.41) is 17.6. The van der Waals surface area contributed by atoms with Crippen molar-refractivity contribution < 1.29 is 17.7 Å². The van der Waals surface area contributed by atoms with Crippen LogP contribution in [0.3, 0.4) is 0 Å². The molecular weight excluding hydrogens is 386 g/mol. The number of hydrogen-bond donors (Lipinski definition) is 2. The van der Waals surface area contributed by atoms with Crippen molar-refractivity contribution in [3.8, 4) is 5.69 Å². The molecule has 1 amide bonds. The quantitative estimate of drug-likeness (QED) is 0.615. The highest BCUT2D eigenvalue weighted by atomic mass is 32.2. The fourth-order valence-corrected chi connectivity index (χ4v) is 4.17. The van der Waals surface area contributed by atoms with Crippen LogP contribution in [0.2, 0.25) is 0 Å².